The molecule has 1 aromatic carbocycles. The van der Waals surface area contributed by atoms with Gasteiger partial charge in [-0.05, 0) is 51.8 Å². The SMILES string of the molecule is COC(=O)c1ccc2c(c1)NC(C(=O)NC1CCN(C(=O)OC(C)(C)C)CC1)NC2=O. The number of rotatable bonds is 3. The summed E-state index contributed by atoms with van der Waals surface area (Å²) in [5.74, 6) is -1.34. The number of likely N-dealkylation sites (tertiary alicyclic amines) is 1. The van der Waals surface area contributed by atoms with Crippen molar-refractivity contribution in [3.63, 3.8) is 0 Å². The number of anilines is 1. The first kappa shape index (κ1) is 22.4. The lowest BCUT2D eigenvalue weighted by molar-refractivity contribution is -0.123. The Balaban J connectivity index is 1.57. The Morgan fingerprint density at radius 3 is 2.42 bits per heavy atom. The van der Waals surface area contributed by atoms with Crippen molar-refractivity contribution in [2.75, 3.05) is 25.5 Å². The van der Waals surface area contributed by atoms with Crippen LogP contribution in [0.2, 0.25) is 0 Å². The number of esters is 1. The Hall–Kier alpha value is -3.30. The lowest BCUT2D eigenvalue weighted by Crippen LogP contribution is -2.57. The second kappa shape index (κ2) is 8.83. The summed E-state index contributed by atoms with van der Waals surface area (Å²) in [4.78, 5) is 50.6. The number of piperidine rings is 1. The van der Waals surface area contributed by atoms with Gasteiger partial charge in [0, 0.05) is 24.8 Å². The van der Waals surface area contributed by atoms with E-state index in [1.54, 1.807) is 4.90 Å². The number of ether oxygens (including phenoxy) is 2. The fraction of sp³-hybridized carbons (Fsp3) is 0.524. The van der Waals surface area contributed by atoms with Gasteiger partial charge in [0.15, 0.2) is 6.17 Å². The molecule has 2 heterocycles. The molecule has 1 atom stereocenters. The van der Waals surface area contributed by atoms with Crippen molar-refractivity contribution in [1.29, 1.82) is 0 Å². The Morgan fingerprint density at radius 2 is 1.81 bits per heavy atom. The predicted octanol–water partition coefficient (Wildman–Crippen LogP) is 1.47. The van der Waals surface area contributed by atoms with Gasteiger partial charge >= 0.3 is 12.1 Å². The van der Waals surface area contributed by atoms with Gasteiger partial charge < -0.3 is 30.3 Å². The maximum atomic E-state index is 12.7. The van der Waals surface area contributed by atoms with E-state index in [9.17, 15) is 19.2 Å². The molecule has 0 saturated carbocycles. The smallest absolute Gasteiger partial charge is 0.410 e. The van der Waals surface area contributed by atoms with Crippen molar-refractivity contribution in [1.82, 2.24) is 15.5 Å². The maximum Gasteiger partial charge on any atom is 0.410 e. The first-order valence-corrected chi connectivity index (χ1v) is 10.2. The van der Waals surface area contributed by atoms with Gasteiger partial charge in [-0.1, -0.05) is 0 Å². The molecule has 1 unspecified atom stereocenters. The summed E-state index contributed by atoms with van der Waals surface area (Å²) in [5.41, 5.74) is 0.433. The van der Waals surface area contributed by atoms with E-state index in [2.05, 4.69) is 16.0 Å². The molecule has 1 aromatic rings. The monoisotopic (exact) mass is 432 g/mol. The molecule has 2 aliphatic rings. The topological polar surface area (TPSA) is 126 Å². The maximum absolute atomic E-state index is 12.7. The quantitative estimate of drug-likeness (QED) is 0.618. The first-order valence-electron chi connectivity index (χ1n) is 10.2. The van der Waals surface area contributed by atoms with E-state index in [0.717, 1.165) is 0 Å². The molecule has 168 valence electrons. The Kier molecular flexibility index (Phi) is 6.37. The largest absolute Gasteiger partial charge is 0.465 e. The van der Waals surface area contributed by atoms with Crippen molar-refractivity contribution in [3.8, 4) is 0 Å². The van der Waals surface area contributed by atoms with Crippen LogP contribution < -0.4 is 16.0 Å². The van der Waals surface area contributed by atoms with Gasteiger partial charge in [-0.25, -0.2) is 9.59 Å². The summed E-state index contributed by atoms with van der Waals surface area (Å²) < 4.78 is 10.1. The van der Waals surface area contributed by atoms with Gasteiger partial charge in [0.1, 0.15) is 5.60 Å². The van der Waals surface area contributed by atoms with E-state index in [-0.39, 0.29) is 17.7 Å². The summed E-state index contributed by atoms with van der Waals surface area (Å²) in [7, 11) is 1.27. The molecule has 0 aliphatic carbocycles. The second-order valence-corrected chi connectivity index (χ2v) is 8.55. The van der Waals surface area contributed by atoms with Gasteiger partial charge in [0.25, 0.3) is 11.8 Å². The number of nitrogens with one attached hydrogen (secondary N) is 3. The average molecular weight is 432 g/mol. The number of methoxy groups -OCH3 is 1. The number of nitrogens with zero attached hydrogens (tertiary/aromatic N) is 1. The highest BCUT2D eigenvalue weighted by Gasteiger charge is 2.32. The van der Waals surface area contributed by atoms with Crippen LogP contribution >= 0.6 is 0 Å². The van der Waals surface area contributed by atoms with Crippen LogP contribution in [0.25, 0.3) is 0 Å². The van der Waals surface area contributed by atoms with E-state index in [1.165, 1.54) is 25.3 Å². The molecule has 10 heteroatoms. The molecule has 0 spiro atoms. The fourth-order valence-corrected chi connectivity index (χ4v) is 3.46. The lowest BCUT2D eigenvalue weighted by atomic mass is 10.0. The Bertz CT molecular complexity index is 886. The zero-order valence-electron chi connectivity index (χ0n) is 18.1. The molecule has 31 heavy (non-hydrogen) atoms. The highest BCUT2D eigenvalue weighted by Crippen LogP contribution is 2.23. The van der Waals surface area contributed by atoms with E-state index < -0.39 is 29.6 Å². The number of benzene rings is 1. The third kappa shape index (κ3) is 5.44. The molecule has 1 saturated heterocycles. The molecule has 2 aliphatic heterocycles. The standard InChI is InChI=1S/C21H28N4O6/c1-21(2,3)31-20(29)25-9-7-13(8-10-25)22-18(27)16-23-15-11-12(19(28)30-4)5-6-14(15)17(26)24-16/h5-6,11,13,16,23H,7-10H2,1-4H3,(H,22,27)(H,24,26). The van der Waals surface area contributed by atoms with Crippen LogP contribution in [0.15, 0.2) is 18.2 Å². The van der Waals surface area contributed by atoms with Crippen molar-refractivity contribution in [2.45, 2.75) is 51.4 Å². The van der Waals surface area contributed by atoms with Crippen LogP contribution in [0.3, 0.4) is 0 Å². The Labute approximate surface area is 180 Å². The number of hydrogen-bond acceptors (Lipinski definition) is 7. The summed E-state index contributed by atoms with van der Waals surface area (Å²) >= 11 is 0. The van der Waals surface area contributed by atoms with Crippen LogP contribution in [0.5, 0.6) is 0 Å². The minimum absolute atomic E-state index is 0.132. The second-order valence-electron chi connectivity index (χ2n) is 8.55. The van der Waals surface area contributed by atoms with Crippen LogP contribution in [-0.2, 0) is 14.3 Å². The minimum atomic E-state index is -0.975. The highest BCUT2D eigenvalue weighted by atomic mass is 16.6. The van der Waals surface area contributed by atoms with Gasteiger partial charge in [0.05, 0.1) is 18.2 Å². The third-order valence-corrected chi connectivity index (χ3v) is 5.02. The van der Waals surface area contributed by atoms with Crippen molar-refractivity contribution < 1.29 is 28.7 Å². The molecule has 1 fully saturated rings. The molecule has 0 bridgehead atoms. The predicted molar refractivity (Wildman–Crippen MR) is 112 cm³/mol. The van der Waals surface area contributed by atoms with E-state index in [0.29, 0.717) is 37.2 Å². The number of amides is 3. The van der Waals surface area contributed by atoms with Crippen LogP contribution in [0.1, 0.15) is 54.3 Å². The zero-order valence-corrected chi connectivity index (χ0v) is 18.1. The first-order chi connectivity index (χ1) is 14.6. The van der Waals surface area contributed by atoms with Gasteiger partial charge in [-0.3, -0.25) is 9.59 Å². The normalized spacial score (nSPS) is 18.9. The molecule has 0 radical (unpaired) electrons. The number of fused-ring (bicyclic) bond motifs is 1. The molecular formula is C21H28N4O6. The molecule has 10 nitrogen and oxygen atoms in total. The van der Waals surface area contributed by atoms with Crippen molar-refractivity contribution >= 4 is 29.6 Å². The van der Waals surface area contributed by atoms with Crippen LogP contribution in [-0.4, -0.2) is 66.8 Å². The molecule has 0 aromatic heterocycles. The molecular weight excluding hydrogens is 404 g/mol. The van der Waals surface area contributed by atoms with Gasteiger partial charge in [-0.15, -0.1) is 0 Å². The highest BCUT2D eigenvalue weighted by molar-refractivity contribution is 6.06. The number of carbonyl (C=O) groups excluding carboxylic acids is 4. The van der Waals surface area contributed by atoms with Gasteiger partial charge in [-0.2, -0.15) is 0 Å². The molecule has 3 N–H and O–H groups in total. The van der Waals surface area contributed by atoms with Crippen molar-refractivity contribution in [2.24, 2.45) is 0 Å². The third-order valence-electron chi connectivity index (χ3n) is 5.02. The molecule has 3 amide bonds. The van der Waals surface area contributed by atoms with Crippen LogP contribution in [0.4, 0.5) is 10.5 Å². The average Bonchev–Trinajstić information content (AvgIpc) is 2.71. The zero-order chi connectivity index (χ0) is 22.8. The van der Waals surface area contributed by atoms with Crippen molar-refractivity contribution in [3.05, 3.63) is 29.3 Å². The molecule has 3 rings (SSSR count). The van der Waals surface area contributed by atoms with Gasteiger partial charge in [0.2, 0.25) is 0 Å². The fourth-order valence-electron chi connectivity index (χ4n) is 3.46. The van der Waals surface area contributed by atoms with E-state index in [1.807, 2.05) is 20.8 Å². The van der Waals surface area contributed by atoms with E-state index >= 15 is 0 Å². The van der Waals surface area contributed by atoms with Crippen LogP contribution in [0, 0.1) is 0 Å². The summed E-state index contributed by atoms with van der Waals surface area (Å²) in [5, 5.41) is 8.48. The minimum Gasteiger partial charge on any atom is -0.465 e. The summed E-state index contributed by atoms with van der Waals surface area (Å²) in [6.07, 6.45) is -0.183. The van der Waals surface area contributed by atoms with E-state index in [4.69, 9.17) is 9.47 Å². The number of carbonyl (C=O) groups is 4. The summed E-state index contributed by atoms with van der Waals surface area (Å²) in [6, 6.07) is 4.35. The summed E-state index contributed by atoms with van der Waals surface area (Å²) in [6.45, 7) is 6.38. The Morgan fingerprint density at radius 1 is 1.13 bits per heavy atom. The number of hydrogen-bond donors (Lipinski definition) is 3. The lowest BCUT2D eigenvalue weighted by Gasteiger charge is -2.35.